The van der Waals surface area contributed by atoms with E-state index >= 15 is 0 Å². The van der Waals surface area contributed by atoms with Crippen LogP contribution in [0, 0.1) is 6.92 Å². The number of rotatable bonds is 5. The van der Waals surface area contributed by atoms with E-state index in [4.69, 9.17) is 4.74 Å². The normalized spacial score (nSPS) is 10.7. The molecule has 0 radical (unpaired) electrons. The molecule has 0 aliphatic carbocycles. The minimum Gasteiger partial charge on any atom is -0.492 e. The molecule has 0 fully saturated rings. The molecule has 3 rings (SSSR count). The Labute approximate surface area is 120 Å². The number of nitrogens with zero attached hydrogens (tertiary/aromatic N) is 2. The highest BCUT2D eigenvalue weighted by molar-refractivity contribution is 5.73. The number of anilines is 1. The van der Waals surface area contributed by atoms with Gasteiger partial charge in [-0.25, -0.2) is 0 Å². The van der Waals surface area contributed by atoms with Gasteiger partial charge in [-0.2, -0.15) is 10.1 Å². The number of ether oxygens (including phenoxy) is 1. The Morgan fingerprint density at radius 3 is 3.14 bits per heavy atom. The fourth-order valence-electron chi connectivity index (χ4n) is 1.97. The lowest BCUT2D eigenvalue weighted by Gasteiger charge is -2.08. The lowest BCUT2D eigenvalue weighted by Crippen LogP contribution is -2.17. The van der Waals surface area contributed by atoms with Crippen LogP contribution in [0.25, 0.3) is 11.0 Å². The van der Waals surface area contributed by atoms with Crippen LogP contribution in [0.4, 0.5) is 5.95 Å². The summed E-state index contributed by atoms with van der Waals surface area (Å²) in [6.07, 6.45) is 1.45. The number of fused-ring (bicyclic) bond motifs is 1. The first-order valence-corrected chi connectivity index (χ1v) is 6.59. The molecule has 0 aliphatic rings. The minimum atomic E-state index is -0.226. The third-order valence-electron chi connectivity index (χ3n) is 2.97. The fourth-order valence-corrected chi connectivity index (χ4v) is 1.97. The Hall–Kier alpha value is -2.83. The van der Waals surface area contributed by atoms with Gasteiger partial charge in [0.15, 0.2) is 5.65 Å². The molecule has 2 heterocycles. The third-order valence-corrected chi connectivity index (χ3v) is 2.97. The molecule has 0 amide bonds. The van der Waals surface area contributed by atoms with Gasteiger partial charge in [-0.3, -0.25) is 14.9 Å². The molecule has 0 bridgehead atoms. The number of aryl methyl sites for hydroxylation is 1. The quantitative estimate of drug-likeness (QED) is 0.617. The van der Waals surface area contributed by atoms with Crippen LogP contribution in [-0.2, 0) is 0 Å². The van der Waals surface area contributed by atoms with E-state index in [1.807, 2.05) is 31.2 Å². The van der Waals surface area contributed by atoms with Gasteiger partial charge in [-0.05, 0) is 24.6 Å². The zero-order valence-corrected chi connectivity index (χ0v) is 11.5. The number of hydrogen-bond donors (Lipinski definition) is 3. The van der Waals surface area contributed by atoms with E-state index in [2.05, 4.69) is 25.5 Å². The van der Waals surface area contributed by atoms with Gasteiger partial charge in [-0.15, -0.1) is 0 Å². The van der Waals surface area contributed by atoms with Crippen molar-refractivity contribution in [2.75, 3.05) is 18.5 Å². The zero-order valence-electron chi connectivity index (χ0n) is 11.5. The molecule has 7 nitrogen and oxygen atoms in total. The predicted molar refractivity (Wildman–Crippen MR) is 79.7 cm³/mol. The molecule has 0 aliphatic heterocycles. The van der Waals surface area contributed by atoms with Gasteiger partial charge < -0.3 is 10.1 Å². The molecule has 3 aromatic rings. The highest BCUT2D eigenvalue weighted by Gasteiger charge is 2.04. The Morgan fingerprint density at radius 2 is 2.29 bits per heavy atom. The predicted octanol–water partition coefficient (Wildman–Crippen LogP) is 1.45. The summed E-state index contributed by atoms with van der Waals surface area (Å²) in [6, 6.07) is 7.84. The van der Waals surface area contributed by atoms with Crippen molar-refractivity contribution in [3.63, 3.8) is 0 Å². The van der Waals surface area contributed by atoms with Gasteiger partial charge in [0.2, 0.25) is 5.95 Å². The monoisotopic (exact) mass is 285 g/mol. The van der Waals surface area contributed by atoms with Crippen molar-refractivity contribution in [2.45, 2.75) is 6.92 Å². The molecule has 0 spiro atoms. The molecule has 7 heteroatoms. The van der Waals surface area contributed by atoms with Crippen LogP contribution in [0.5, 0.6) is 5.75 Å². The maximum absolute atomic E-state index is 11.7. The van der Waals surface area contributed by atoms with E-state index < -0.39 is 0 Å². The van der Waals surface area contributed by atoms with Crippen molar-refractivity contribution in [3.05, 3.63) is 46.4 Å². The van der Waals surface area contributed by atoms with Crippen LogP contribution in [0.2, 0.25) is 0 Å². The van der Waals surface area contributed by atoms with Gasteiger partial charge in [0, 0.05) is 0 Å². The third kappa shape index (κ3) is 3.02. The van der Waals surface area contributed by atoms with Gasteiger partial charge in [0.05, 0.1) is 12.7 Å². The molecule has 3 N–H and O–H groups in total. The van der Waals surface area contributed by atoms with Gasteiger partial charge in [0.1, 0.15) is 17.7 Å². The maximum Gasteiger partial charge on any atom is 0.263 e. The summed E-state index contributed by atoms with van der Waals surface area (Å²) in [4.78, 5) is 18.6. The first-order chi connectivity index (χ1) is 10.2. The molecule has 0 saturated carbocycles. The van der Waals surface area contributed by atoms with Crippen molar-refractivity contribution in [2.24, 2.45) is 0 Å². The summed E-state index contributed by atoms with van der Waals surface area (Å²) < 4.78 is 5.61. The second-order valence-electron chi connectivity index (χ2n) is 4.64. The summed E-state index contributed by atoms with van der Waals surface area (Å²) >= 11 is 0. The molecule has 0 unspecified atom stereocenters. The first kappa shape index (κ1) is 13.2. The summed E-state index contributed by atoms with van der Waals surface area (Å²) in [5.41, 5.74) is 1.38. The fraction of sp³-hybridized carbons (Fsp3) is 0.214. The lowest BCUT2D eigenvalue weighted by molar-refractivity contribution is 0.332. The molecule has 1 aromatic carbocycles. The highest BCUT2D eigenvalue weighted by atomic mass is 16.5. The van der Waals surface area contributed by atoms with Gasteiger partial charge >= 0.3 is 0 Å². The number of aromatic nitrogens is 4. The van der Waals surface area contributed by atoms with Crippen molar-refractivity contribution < 1.29 is 4.74 Å². The zero-order chi connectivity index (χ0) is 14.7. The van der Waals surface area contributed by atoms with E-state index in [9.17, 15) is 4.79 Å². The molecular formula is C14H15N5O2. The van der Waals surface area contributed by atoms with Crippen LogP contribution in [-0.4, -0.2) is 33.3 Å². The Bertz CT molecular complexity index is 808. The summed E-state index contributed by atoms with van der Waals surface area (Å²) in [6.45, 7) is 3.00. The van der Waals surface area contributed by atoms with Crippen LogP contribution in [0.1, 0.15) is 5.56 Å². The molecule has 0 atom stereocenters. The van der Waals surface area contributed by atoms with Crippen LogP contribution >= 0.6 is 0 Å². The molecule has 0 saturated heterocycles. The van der Waals surface area contributed by atoms with E-state index in [1.165, 1.54) is 6.20 Å². The average molecular weight is 285 g/mol. The van der Waals surface area contributed by atoms with Crippen molar-refractivity contribution >= 4 is 17.0 Å². The molecule has 108 valence electrons. The first-order valence-electron chi connectivity index (χ1n) is 6.59. The molecular weight excluding hydrogens is 270 g/mol. The maximum atomic E-state index is 11.7. The minimum absolute atomic E-state index is 0.226. The average Bonchev–Trinajstić information content (AvgIpc) is 2.93. The second kappa shape index (κ2) is 5.66. The SMILES string of the molecule is Cc1cccc(OCCNc2nc3[nH]ncc3c(=O)[nH]2)c1. The Balaban J connectivity index is 1.58. The summed E-state index contributed by atoms with van der Waals surface area (Å²) in [5, 5.41) is 9.91. The van der Waals surface area contributed by atoms with Crippen LogP contribution in [0.3, 0.4) is 0 Å². The van der Waals surface area contributed by atoms with Crippen molar-refractivity contribution in [1.82, 2.24) is 20.2 Å². The standard InChI is InChI=1S/C14H15N5O2/c1-9-3-2-4-10(7-9)21-6-5-15-14-17-12-11(8-16-19-12)13(20)18-14/h2-4,7-8H,5-6H2,1H3,(H3,15,16,17,18,19,20). The van der Waals surface area contributed by atoms with Crippen molar-refractivity contribution in [3.8, 4) is 5.75 Å². The lowest BCUT2D eigenvalue weighted by atomic mass is 10.2. The number of hydrogen-bond acceptors (Lipinski definition) is 5. The number of aromatic amines is 2. The molecule has 21 heavy (non-hydrogen) atoms. The molecule has 2 aromatic heterocycles. The van der Waals surface area contributed by atoms with E-state index in [0.29, 0.717) is 30.1 Å². The number of H-pyrrole nitrogens is 2. The van der Waals surface area contributed by atoms with E-state index in [1.54, 1.807) is 0 Å². The Kier molecular flexibility index (Phi) is 3.55. The van der Waals surface area contributed by atoms with Gasteiger partial charge in [-0.1, -0.05) is 12.1 Å². The second-order valence-corrected chi connectivity index (χ2v) is 4.64. The summed E-state index contributed by atoms with van der Waals surface area (Å²) in [7, 11) is 0. The Morgan fingerprint density at radius 1 is 1.38 bits per heavy atom. The van der Waals surface area contributed by atoms with Gasteiger partial charge in [0.25, 0.3) is 5.56 Å². The number of nitrogens with one attached hydrogen (secondary N) is 3. The summed E-state index contributed by atoms with van der Waals surface area (Å²) in [5.74, 6) is 1.21. The van der Waals surface area contributed by atoms with E-state index in [-0.39, 0.29) is 5.56 Å². The number of benzene rings is 1. The van der Waals surface area contributed by atoms with Crippen LogP contribution in [0.15, 0.2) is 35.3 Å². The smallest absolute Gasteiger partial charge is 0.263 e. The van der Waals surface area contributed by atoms with Crippen LogP contribution < -0.4 is 15.6 Å². The van der Waals surface area contributed by atoms with E-state index in [0.717, 1.165) is 11.3 Å². The largest absolute Gasteiger partial charge is 0.492 e. The highest BCUT2D eigenvalue weighted by Crippen LogP contribution is 2.12. The topological polar surface area (TPSA) is 95.7 Å². The van der Waals surface area contributed by atoms with Crippen molar-refractivity contribution in [1.29, 1.82) is 0 Å².